The highest BCUT2D eigenvalue weighted by molar-refractivity contribution is 5.95. The van der Waals surface area contributed by atoms with E-state index in [1.54, 1.807) is 27.1 Å². The Kier molecular flexibility index (Phi) is 5.35. The zero-order valence-electron chi connectivity index (χ0n) is 15.5. The summed E-state index contributed by atoms with van der Waals surface area (Å²) in [6, 6.07) is 19.0. The zero-order valence-corrected chi connectivity index (χ0v) is 15.5. The average molecular weight is 363 g/mol. The van der Waals surface area contributed by atoms with Crippen LogP contribution in [0.3, 0.4) is 0 Å². The van der Waals surface area contributed by atoms with Crippen molar-refractivity contribution >= 4 is 11.6 Å². The Morgan fingerprint density at radius 1 is 1.04 bits per heavy atom. The van der Waals surface area contributed by atoms with Crippen LogP contribution in [-0.2, 0) is 4.79 Å². The maximum atomic E-state index is 12.8. The normalized spacial score (nSPS) is 11.7. The lowest BCUT2D eigenvalue weighted by Gasteiger charge is -2.22. The summed E-state index contributed by atoms with van der Waals surface area (Å²) in [5.74, 6) is 0.516. The molecule has 0 aliphatic carbocycles. The summed E-state index contributed by atoms with van der Waals surface area (Å²) >= 11 is 0. The number of aromatic nitrogens is 2. The molecule has 6 heteroatoms. The highest BCUT2D eigenvalue weighted by atomic mass is 16.5. The fraction of sp³-hybridized carbons (Fsp3) is 0.190. The van der Waals surface area contributed by atoms with Gasteiger partial charge in [-0.15, -0.1) is 0 Å². The van der Waals surface area contributed by atoms with E-state index in [9.17, 15) is 9.59 Å². The van der Waals surface area contributed by atoms with Gasteiger partial charge in [0.25, 0.3) is 11.5 Å². The Hall–Kier alpha value is -3.41. The number of likely N-dealkylation sites (N-methyl/N-ethyl adjacent to an activating group) is 1. The summed E-state index contributed by atoms with van der Waals surface area (Å²) < 4.78 is 6.38. The number of benzene rings is 2. The number of hydrogen-bond acceptors (Lipinski definition) is 4. The van der Waals surface area contributed by atoms with Crippen molar-refractivity contribution < 1.29 is 9.53 Å². The molecule has 1 amide bonds. The van der Waals surface area contributed by atoms with E-state index in [1.807, 2.05) is 54.6 Å². The molecule has 0 saturated heterocycles. The first-order chi connectivity index (χ1) is 13.0. The summed E-state index contributed by atoms with van der Waals surface area (Å²) in [6.07, 6.45) is 0. The third-order valence-corrected chi connectivity index (χ3v) is 4.41. The number of para-hydroxylation sites is 1. The van der Waals surface area contributed by atoms with E-state index < -0.39 is 6.04 Å². The Labute approximate surface area is 157 Å². The van der Waals surface area contributed by atoms with Crippen LogP contribution < -0.4 is 15.2 Å². The lowest BCUT2D eigenvalue weighted by molar-refractivity contribution is -0.121. The molecular formula is C21H21N3O3. The number of carbonyl (C=O) groups excluding carboxylic acids is 1. The molecule has 1 aromatic heterocycles. The number of hydrogen-bond donors (Lipinski definition) is 0. The Bertz CT molecular complexity index is 982. The highest BCUT2D eigenvalue weighted by Gasteiger charge is 2.22. The Balaban J connectivity index is 1.91. The van der Waals surface area contributed by atoms with Gasteiger partial charge in [-0.2, -0.15) is 5.10 Å². The molecule has 0 spiro atoms. The summed E-state index contributed by atoms with van der Waals surface area (Å²) in [4.78, 5) is 26.7. The number of rotatable bonds is 5. The molecule has 0 radical (unpaired) electrons. The fourth-order valence-corrected chi connectivity index (χ4v) is 2.78. The standard InChI is InChI=1S/C21H21N3O3/c1-15(21(26)23(2)17-7-5-4-6-8-17)24-20(25)14-13-19(22-24)16-9-11-18(27-3)12-10-16/h4-15H,1-3H3. The van der Waals surface area contributed by atoms with Crippen LogP contribution in [0, 0.1) is 0 Å². The van der Waals surface area contributed by atoms with Gasteiger partial charge in [0.15, 0.2) is 0 Å². The molecule has 3 rings (SSSR count). The lowest BCUT2D eigenvalue weighted by atomic mass is 10.1. The quantitative estimate of drug-likeness (QED) is 0.699. The van der Waals surface area contributed by atoms with E-state index >= 15 is 0 Å². The van der Waals surface area contributed by atoms with Crippen molar-refractivity contribution in [1.82, 2.24) is 9.78 Å². The molecule has 0 N–H and O–H groups in total. The van der Waals surface area contributed by atoms with E-state index in [1.165, 1.54) is 15.6 Å². The zero-order chi connectivity index (χ0) is 19.4. The fourth-order valence-electron chi connectivity index (χ4n) is 2.78. The number of carbonyl (C=O) groups is 1. The minimum atomic E-state index is -0.735. The van der Waals surface area contributed by atoms with Gasteiger partial charge < -0.3 is 9.64 Å². The highest BCUT2D eigenvalue weighted by Crippen LogP contribution is 2.21. The predicted molar refractivity (Wildman–Crippen MR) is 105 cm³/mol. The first kappa shape index (κ1) is 18.4. The minimum absolute atomic E-state index is 0.220. The molecule has 0 fully saturated rings. The van der Waals surface area contributed by atoms with E-state index in [2.05, 4.69) is 5.10 Å². The molecule has 1 atom stereocenters. The van der Waals surface area contributed by atoms with Gasteiger partial charge in [0, 0.05) is 24.4 Å². The molecule has 0 aliphatic rings. The molecule has 0 bridgehead atoms. The van der Waals surface area contributed by atoms with Gasteiger partial charge in [0.1, 0.15) is 11.8 Å². The first-order valence-electron chi connectivity index (χ1n) is 8.58. The molecule has 3 aromatic rings. The smallest absolute Gasteiger partial charge is 0.267 e. The van der Waals surface area contributed by atoms with Gasteiger partial charge in [-0.25, -0.2) is 4.68 Å². The van der Waals surface area contributed by atoms with Gasteiger partial charge in [0.05, 0.1) is 12.8 Å². The Morgan fingerprint density at radius 2 is 1.70 bits per heavy atom. The number of methoxy groups -OCH3 is 1. The largest absolute Gasteiger partial charge is 0.497 e. The number of nitrogens with zero attached hydrogens (tertiary/aromatic N) is 3. The van der Waals surface area contributed by atoms with Crippen LogP contribution in [0.2, 0.25) is 0 Å². The second-order valence-electron chi connectivity index (χ2n) is 6.14. The third kappa shape index (κ3) is 3.89. The third-order valence-electron chi connectivity index (χ3n) is 4.41. The second kappa shape index (κ2) is 7.86. The van der Waals surface area contributed by atoms with Crippen molar-refractivity contribution in [3.63, 3.8) is 0 Å². The monoisotopic (exact) mass is 363 g/mol. The first-order valence-corrected chi connectivity index (χ1v) is 8.58. The topological polar surface area (TPSA) is 64.4 Å². The van der Waals surface area contributed by atoms with E-state index in [0.29, 0.717) is 5.69 Å². The SMILES string of the molecule is COc1ccc(-c2ccc(=O)n(C(C)C(=O)N(C)c3ccccc3)n2)cc1. The van der Waals surface area contributed by atoms with Crippen LogP contribution in [0.4, 0.5) is 5.69 Å². The molecule has 138 valence electrons. The van der Waals surface area contributed by atoms with Crippen LogP contribution in [0.1, 0.15) is 13.0 Å². The molecule has 0 aliphatic heterocycles. The average Bonchev–Trinajstić information content (AvgIpc) is 2.73. The van der Waals surface area contributed by atoms with Crippen molar-refractivity contribution in [2.45, 2.75) is 13.0 Å². The van der Waals surface area contributed by atoms with Gasteiger partial charge in [-0.3, -0.25) is 9.59 Å². The number of anilines is 1. The van der Waals surface area contributed by atoms with E-state index in [4.69, 9.17) is 4.74 Å². The van der Waals surface area contributed by atoms with Crippen LogP contribution >= 0.6 is 0 Å². The van der Waals surface area contributed by atoms with Gasteiger partial charge in [-0.05, 0) is 49.4 Å². The van der Waals surface area contributed by atoms with Crippen molar-refractivity contribution in [2.24, 2.45) is 0 Å². The maximum Gasteiger partial charge on any atom is 0.267 e. The number of ether oxygens (including phenoxy) is 1. The summed E-state index contributed by atoms with van der Waals surface area (Å²) in [5.41, 5.74) is 1.88. The summed E-state index contributed by atoms with van der Waals surface area (Å²) in [7, 11) is 3.29. The molecule has 0 saturated carbocycles. The molecular weight excluding hydrogens is 342 g/mol. The van der Waals surface area contributed by atoms with Crippen LogP contribution in [-0.4, -0.2) is 29.8 Å². The molecule has 6 nitrogen and oxygen atoms in total. The lowest BCUT2D eigenvalue weighted by Crippen LogP contribution is -2.38. The van der Waals surface area contributed by atoms with Crippen LogP contribution in [0.25, 0.3) is 11.3 Å². The Morgan fingerprint density at radius 3 is 2.33 bits per heavy atom. The molecule has 1 unspecified atom stereocenters. The van der Waals surface area contributed by atoms with Crippen molar-refractivity contribution in [3.05, 3.63) is 77.1 Å². The molecule has 1 heterocycles. The van der Waals surface area contributed by atoms with Gasteiger partial charge in [0.2, 0.25) is 0 Å². The number of amides is 1. The summed E-state index contributed by atoms with van der Waals surface area (Å²) in [5, 5.41) is 4.41. The second-order valence-corrected chi connectivity index (χ2v) is 6.14. The maximum absolute atomic E-state index is 12.8. The van der Waals surface area contributed by atoms with Crippen molar-refractivity contribution in [2.75, 3.05) is 19.1 Å². The van der Waals surface area contributed by atoms with Crippen LogP contribution in [0.15, 0.2) is 71.5 Å². The van der Waals surface area contributed by atoms with Crippen molar-refractivity contribution in [1.29, 1.82) is 0 Å². The van der Waals surface area contributed by atoms with Gasteiger partial charge in [-0.1, -0.05) is 18.2 Å². The molecule has 27 heavy (non-hydrogen) atoms. The van der Waals surface area contributed by atoms with Gasteiger partial charge >= 0.3 is 0 Å². The predicted octanol–water partition coefficient (Wildman–Crippen LogP) is 3.14. The van der Waals surface area contributed by atoms with E-state index in [0.717, 1.165) is 17.0 Å². The molecule has 2 aromatic carbocycles. The van der Waals surface area contributed by atoms with E-state index in [-0.39, 0.29) is 11.5 Å². The minimum Gasteiger partial charge on any atom is -0.497 e. The van der Waals surface area contributed by atoms with Crippen LogP contribution in [0.5, 0.6) is 5.75 Å². The summed E-state index contributed by atoms with van der Waals surface area (Å²) in [6.45, 7) is 1.67. The van der Waals surface area contributed by atoms with Crippen molar-refractivity contribution in [3.8, 4) is 17.0 Å².